The summed E-state index contributed by atoms with van der Waals surface area (Å²) in [6, 6.07) is 0. The van der Waals surface area contributed by atoms with E-state index in [1.165, 1.54) is 38.5 Å². The normalized spacial score (nSPS) is 30.4. The number of carbonyl (C=O) groups excluding carboxylic acids is 1. The fraction of sp³-hybridized carbons (Fsp3) is 0.938. The molecule has 1 aliphatic carbocycles. The molecule has 0 aromatic rings. The van der Waals surface area contributed by atoms with Crippen molar-refractivity contribution in [2.24, 2.45) is 0 Å². The van der Waals surface area contributed by atoms with Gasteiger partial charge in [0.05, 0.1) is 18.1 Å². The van der Waals surface area contributed by atoms with Crippen molar-refractivity contribution in [3.63, 3.8) is 0 Å². The van der Waals surface area contributed by atoms with Gasteiger partial charge in [0.25, 0.3) is 0 Å². The van der Waals surface area contributed by atoms with E-state index >= 15 is 0 Å². The SMILES string of the molecule is O=C(CC1CCCCO1)N1CCNCC12CCCCC2. The third kappa shape index (κ3) is 3.01. The van der Waals surface area contributed by atoms with Crippen LogP contribution >= 0.6 is 0 Å². The Morgan fingerprint density at radius 1 is 1.20 bits per heavy atom. The van der Waals surface area contributed by atoms with Gasteiger partial charge in [-0.25, -0.2) is 0 Å². The minimum Gasteiger partial charge on any atom is -0.378 e. The van der Waals surface area contributed by atoms with Gasteiger partial charge in [0.2, 0.25) is 5.91 Å². The van der Waals surface area contributed by atoms with Crippen LogP contribution in [0.15, 0.2) is 0 Å². The zero-order chi connectivity index (χ0) is 13.8. The van der Waals surface area contributed by atoms with Gasteiger partial charge in [-0.1, -0.05) is 19.3 Å². The van der Waals surface area contributed by atoms with Crippen LogP contribution in [0, 0.1) is 0 Å². The van der Waals surface area contributed by atoms with Crippen molar-refractivity contribution in [3.05, 3.63) is 0 Å². The summed E-state index contributed by atoms with van der Waals surface area (Å²) in [5, 5.41) is 3.51. The molecule has 4 heteroatoms. The predicted molar refractivity (Wildman–Crippen MR) is 78.6 cm³/mol. The van der Waals surface area contributed by atoms with E-state index < -0.39 is 0 Å². The molecule has 0 radical (unpaired) electrons. The number of piperazine rings is 1. The maximum Gasteiger partial charge on any atom is 0.225 e. The molecule has 1 saturated carbocycles. The van der Waals surface area contributed by atoms with Gasteiger partial charge in [-0.3, -0.25) is 4.79 Å². The molecule has 3 aliphatic rings. The minimum atomic E-state index is 0.113. The first-order valence-electron chi connectivity index (χ1n) is 8.43. The molecule has 0 bridgehead atoms. The third-order valence-corrected chi connectivity index (χ3v) is 5.30. The lowest BCUT2D eigenvalue weighted by molar-refractivity contribution is -0.144. The van der Waals surface area contributed by atoms with Crippen molar-refractivity contribution in [1.82, 2.24) is 10.2 Å². The lowest BCUT2D eigenvalue weighted by Gasteiger charge is -2.50. The van der Waals surface area contributed by atoms with Crippen LogP contribution in [0.2, 0.25) is 0 Å². The van der Waals surface area contributed by atoms with Gasteiger partial charge in [-0.15, -0.1) is 0 Å². The molecular formula is C16H28N2O2. The minimum absolute atomic E-state index is 0.113. The smallest absolute Gasteiger partial charge is 0.225 e. The number of hydrogen-bond acceptors (Lipinski definition) is 3. The highest BCUT2D eigenvalue weighted by Crippen LogP contribution is 2.35. The number of hydrogen-bond donors (Lipinski definition) is 1. The largest absolute Gasteiger partial charge is 0.378 e. The first-order chi connectivity index (χ1) is 9.80. The molecule has 3 fully saturated rings. The Balaban J connectivity index is 1.64. The van der Waals surface area contributed by atoms with Gasteiger partial charge >= 0.3 is 0 Å². The van der Waals surface area contributed by atoms with Gasteiger partial charge in [0.1, 0.15) is 0 Å². The fourth-order valence-corrected chi connectivity index (χ4v) is 4.16. The fourth-order valence-electron chi connectivity index (χ4n) is 4.16. The average Bonchev–Trinajstić information content (AvgIpc) is 2.49. The van der Waals surface area contributed by atoms with E-state index in [2.05, 4.69) is 10.2 Å². The second-order valence-corrected chi connectivity index (χ2v) is 6.70. The Bertz CT molecular complexity index is 325. The molecule has 0 aromatic carbocycles. The lowest BCUT2D eigenvalue weighted by atomic mass is 9.78. The van der Waals surface area contributed by atoms with Crippen molar-refractivity contribution in [2.75, 3.05) is 26.2 Å². The van der Waals surface area contributed by atoms with Crippen LogP contribution in [-0.4, -0.2) is 48.7 Å². The number of rotatable bonds is 2. The van der Waals surface area contributed by atoms with Crippen LogP contribution in [0.3, 0.4) is 0 Å². The molecule has 1 amide bonds. The molecule has 2 aliphatic heterocycles. The van der Waals surface area contributed by atoms with E-state index in [4.69, 9.17) is 4.74 Å². The third-order valence-electron chi connectivity index (χ3n) is 5.30. The number of nitrogens with one attached hydrogen (secondary N) is 1. The van der Waals surface area contributed by atoms with Gasteiger partial charge < -0.3 is 15.0 Å². The number of amides is 1. The van der Waals surface area contributed by atoms with E-state index in [0.29, 0.717) is 12.3 Å². The molecule has 1 spiro atoms. The lowest BCUT2D eigenvalue weighted by Crippen LogP contribution is -2.64. The summed E-state index contributed by atoms with van der Waals surface area (Å²) in [5.41, 5.74) is 0.113. The summed E-state index contributed by atoms with van der Waals surface area (Å²) in [4.78, 5) is 15.0. The second kappa shape index (κ2) is 6.44. The van der Waals surface area contributed by atoms with Crippen LogP contribution < -0.4 is 5.32 Å². The summed E-state index contributed by atoms with van der Waals surface area (Å²) < 4.78 is 5.75. The van der Waals surface area contributed by atoms with Crippen LogP contribution in [0.4, 0.5) is 0 Å². The van der Waals surface area contributed by atoms with Crippen LogP contribution in [0.1, 0.15) is 57.8 Å². The van der Waals surface area contributed by atoms with E-state index in [9.17, 15) is 4.79 Å². The molecule has 4 nitrogen and oxygen atoms in total. The number of ether oxygens (including phenoxy) is 1. The topological polar surface area (TPSA) is 41.6 Å². The maximum atomic E-state index is 12.8. The Labute approximate surface area is 122 Å². The predicted octanol–water partition coefficient (Wildman–Crippen LogP) is 2.08. The molecule has 1 atom stereocenters. The summed E-state index contributed by atoms with van der Waals surface area (Å²) >= 11 is 0. The van der Waals surface area contributed by atoms with Crippen molar-refractivity contribution >= 4 is 5.91 Å². The molecule has 1 unspecified atom stereocenters. The standard InChI is InChI=1S/C16H28N2O2/c19-15(12-14-6-2-5-11-20-14)18-10-9-17-13-16(18)7-3-1-4-8-16/h14,17H,1-13H2. The molecule has 0 aromatic heterocycles. The summed E-state index contributed by atoms with van der Waals surface area (Å²) in [7, 11) is 0. The van der Waals surface area contributed by atoms with Crippen LogP contribution in [0.25, 0.3) is 0 Å². The van der Waals surface area contributed by atoms with Gasteiger partial charge in [0.15, 0.2) is 0 Å². The van der Waals surface area contributed by atoms with Crippen molar-refractivity contribution in [1.29, 1.82) is 0 Å². The molecule has 20 heavy (non-hydrogen) atoms. The van der Waals surface area contributed by atoms with Crippen molar-refractivity contribution in [3.8, 4) is 0 Å². The highest BCUT2D eigenvalue weighted by Gasteiger charge is 2.42. The first kappa shape index (κ1) is 14.3. The Kier molecular flexibility index (Phi) is 4.61. The van der Waals surface area contributed by atoms with Crippen LogP contribution in [-0.2, 0) is 9.53 Å². The quantitative estimate of drug-likeness (QED) is 0.842. The van der Waals surface area contributed by atoms with E-state index in [1.807, 2.05) is 0 Å². The molecular weight excluding hydrogens is 252 g/mol. The van der Waals surface area contributed by atoms with Gasteiger partial charge in [-0.2, -0.15) is 0 Å². The van der Waals surface area contributed by atoms with Gasteiger partial charge in [-0.05, 0) is 32.1 Å². The summed E-state index contributed by atoms with van der Waals surface area (Å²) in [5.74, 6) is 0.334. The van der Waals surface area contributed by atoms with Crippen molar-refractivity contribution < 1.29 is 9.53 Å². The Hall–Kier alpha value is -0.610. The number of carbonyl (C=O) groups is 1. The molecule has 2 saturated heterocycles. The van der Waals surface area contributed by atoms with E-state index in [0.717, 1.165) is 39.1 Å². The Morgan fingerprint density at radius 2 is 2.05 bits per heavy atom. The molecule has 114 valence electrons. The monoisotopic (exact) mass is 280 g/mol. The maximum absolute atomic E-state index is 12.8. The van der Waals surface area contributed by atoms with Crippen LogP contribution in [0.5, 0.6) is 0 Å². The summed E-state index contributed by atoms with van der Waals surface area (Å²) in [6.45, 7) is 3.65. The van der Waals surface area contributed by atoms with Gasteiger partial charge in [0, 0.05) is 26.2 Å². The van der Waals surface area contributed by atoms with Crippen molar-refractivity contribution in [2.45, 2.75) is 69.4 Å². The van der Waals surface area contributed by atoms with E-state index in [1.54, 1.807) is 0 Å². The Morgan fingerprint density at radius 3 is 2.80 bits per heavy atom. The zero-order valence-electron chi connectivity index (χ0n) is 12.5. The number of nitrogens with zero attached hydrogens (tertiary/aromatic N) is 1. The molecule has 1 N–H and O–H groups in total. The molecule has 3 rings (SSSR count). The first-order valence-corrected chi connectivity index (χ1v) is 8.43. The highest BCUT2D eigenvalue weighted by molar-refractivity contribution is 5.78. The molecule has 2 heterocycles. The summed E-state index contributed by atoms with van der Waals surface area (Å²) in [6.07, 6.45) is 10.4. The highest BCUT2D eigenvalue weighted by atomic mass is 16.5. The second-order valence-electron chi connectivity index (χ2n) is 6.70. The average molecular weight is 280 g/mol. The van der Waals surface area contributed by atoms with E-state index in [-0.39, 0.29) is 11.6 Å². The zero-order valence-corrected chi connectivity index (χ0v) is 12.5.